The number of aliphatic hydroxyl groups excluding tert-OH is 1. The Balaban J connectivity index is 2.26. The molecule has 1 aromatic rings. The standard InChI is InChI=1S/C16H21FO4/c1-19-8-3-9-20-10-11-21-13-14-5-6-16(17)15(12-14)4-2-7-18/h5-6,12,18H,3,7-11,13H2,1H3. The van der Waals surface area contributed by atoms with Crippen LogP contribution in [-0.4, -0.2) is 45.3 Å². The first-order valence-corrected chi connectivity index (χ1v) is 6.80. The summed E-state index contributed by atoms with van der Waals surface area (Å²) >= 11 is 0. The zero-order chi connectivity index (χ0) is 15.3. The third-order valence-corrected chi connectivity index (χ3v) is 2.61. The van der Waals surface area contributed by atoms with Crippen molar-refractivity contribution in [2.24, 2.45) is 0 Å². The van der Waals surface area contributed by atoms with Crippen molar-refractivity contribution in [2.45, 2.75) is 13.0 Å². The molecule has 116 valence electrons. The zero-order valence-corrected chi connectivity index (χ0v) is 12.2. The van der Waals surface area contributed by atoms with Crippen LogP contribution in [0, 0.1) is 17.7 Å². The lowest BCUT2D eigenvalue weighted by molar-refractivity contribution is 0.0336. The largest absolute Gasteiger partial charge is 0.385 e. The van der Waals surface area contributed by atoms with Crippen LogP contribution in [0.15, 0.2) is 18.2 Å². The average Bonchev–Trinajstić information content (AvgIpc) is 2.50. The molecule has 4 nitrogen and oxygen atoms in total. The highest BCUT2D eigenvalue weighted by molar-refractivity contribution is 5.38. The monoisotopic (exact) mass is 296 g/mol. The molecule has 0 aliphatic heterocycles. The highest BCUT2D eigenvalue weighted by Crippen LogP contribution is 2.10. The summed E-state index contributed by atoms with van der Waals surface area (Å²) in [6, 6.07) is 4.62. The van der Waals surface area contributed by atoms with Gasteiger partial charge in [-0.2, -0.15) is 0 Å². The van der Waals surface area contributed by atoms with E-state index < -0.39 is 5.82 Å². The van der Waals surface area contributed by atoms with E-state index in [-0.39, 0.29) is 12.2 Å². The van der Waals surface area contributed by atoms with Crippen LogP contribution in [0.2, 0.25) is 0 Å². The lowest BCUT2D eigenvalue weighted by Crippen LogP contribution is -2.06. The Hall–Kier alpha value is -1.45. The second-order valence-electron chi connectivity index (χ2n) is 4.29. The van der Waals surface area contributed by atoms with Crippen LogP contribution >= 0.6 is 0 Å². The highest BCUT2D eigenvalue weighted by Gasteiger charge is 2.01. The minimum atomic E-state index is -0.402. The van der Waals surface area contributed by atoms with E-state index in [0.717, 1.165) is 12.0 Å². The molecule has 1 aromatic carbocycles. The number of aliphatic hydroxyl groups is 1. The van der Waals surface area contributed by atoms with Crippen LogP contribution in [0.1, 0.15) is 17.5 Å². The molecule has 1 rings (SSSR count). The van der Waals surface area contributed by atoms with Crippen molar-refractivity contribution in [1.82, 2.24) is 0 Å². The maximum atomic E-state index is 13.4. The third-order valence-electron chi connectivity index (χ3n) is 2.61. The summed E-state index contributed by atoms with van der Waals surface area (Å²) < 4.78 is 29.1. The Morgan fingerprint density at radius 1 is 1.14 bits per heavy atom. The molecule has 0 atom stereocenters. The SMILES string of the molecule is COCCCOCCOCc1ccc(F)c(C#CCO)c1. The van der Waals surface area contributed by atoms with Gasteiger partial charge in [-0.3, -0.25) is 0 Å². The fourth-order valence-corrected chi connectivity index (χ4v) is 1.61. The molecule has 0 heterocycles. The first-order chi connectivity index (χ1) is 10.3. The van der Waals surface area contributed by atoms with Gasteiger partial charge in [-0.25, -0.2) is 4.39 Å². The van der Waals surface area contributed by atoms with Crippen molar-refractivity contribution in [3.8, 4) is 11.8 Å². The van der Waals surface area contributed by atoms with Gasteiger partial charge in [0.05, 0.1) is 25.4 Å². The second-order valence-corrected chi connectivity index (χ2v) is 4.29. The second kappa shape index (κ2) is 11.2. The van der Waals surface area contributed by atoms with Gasteiger partial charge in [-0.15, -0.1) is 0 Å². The van der Waals surface area contributed by atoms with Crippen LogP contribution < -0.4 is 0 Å². The van der Waals surface area contributed by atoms with Gasteiger partial charge in [0.25, 0.3) is 0 Å². The van der Waals surface area contributed by atoms with Gasteiger partial charge in [-0.05, 0) is 24.1 Å². The minimum absolute atomic E-state index is 0.265. The Kier molecular flexibility index (Phi) is 9.42. The summed E-state index contributed by atoms with van der Waals surface area (Å²) in [6.45, 7) is 2.41. The lowest BCUT2D eigenvalue weighted by atomic mass is 10.1. The molecule has 0 fully saturated rings. The predicted molar refractivity (Wildman–Crippen MR) is 77.3 cm³/mol. The molecule has 0 amide bonds. The number of ether oxygens (including phenoxy) is 3. The van der Waals surface area contributed by atoms with E-state index in [1.165, 1.54) is 6.07 Å². The van der Waals surface area contributed by atoms with E-state index in [4.69, 9.17) is 19.3 Å². The van der Waals surface area contributed by atoms with Crippen LogP contribution in [0.4, 0.5) is 4.39 Å². The molecular formula is C16H21FO4. The maximum Gasteiger partial charge on any atom is 0.138 e. The van der Waals surface area contributed by atoms with Crippen LogP contribution in [0.25, 0.3) is 0 Å². The van der Waals surface area contributed by atoms with Crippen molar-refractivity contribution in [2.75, 3.05) is 40.1 Å². The summed E-state index contributed by atoms with van der Waals surface area (Å²) in [7, 11) is 1.66. The summed E-state index contributed by atoms with van der Waals surface area (Å²) in [5.41, 5.74) is 1.10. The highest BCUT2D eigenvalue weighted by atomic mass is 19.1. The molecule has 1 N–H and O–H groups in total. The van der Waals surface area contributed by atoms with E-state index in [1.54, 1.807) is 19.2 Å². The molecule has 0 aliphatic rings. The van der Waals surface area contributed by atoms with Gasteiger partial charge < -0.3 is 19.3 Å². The van der Waals surface area contributed by atoms with Crippen molar-refractivity contribution in [1.29, 1.82) is 0 Å². The fourth-order valence-electron chi connectivity index (χ4n) is 1.61. The third kappa shape index (κ3) is 7.78. The van der Waals surface area contributed by atoms with E-state index in [0.29, 0.717) is 33.0 Å². The lowest BCUT2D eigenvalue weighted by Gasteiger charge is -2.06. The zero-order valence-electron chi connectivity index (χ0n) is 12.2. The van der Waals surface area contributed by atoms with Gasteiger partial charge in [0.1, 0.15) is 12.4 Å². The molecule has 5 heteroatoms. The molecule has 0 unspecified atom stereocenters. The van der Waals surface area contributed by atoms with Crippen molar-refractivity contribution in [3.63, 3.8) is 0 Å². The summed E-state index contributed by atoms with van der Waals surface area (Å²) in [4.78, 5) is 0. The van der Waals surface area contributed by atoms with E-state index in [9.17, 15) is 4.39 Å². The van der Waals surface area contributed by atoms with Gasteiger partial charge in [0, 0.05) is 20.3 Å². The Morgan fingerprint density at radius 2 is 1.95 bits per heavy atom. The Bertz CT molecular complexity index is 465. The molecule has 0 radical (unpaired) electrons. The van der Waals surface area contributed by atoms with Crippen LogP contribution in [-0.2, 0) is 20.8 Å². The van der Waals surface area contributed by atoms with Gasteiger partial charge in [0.2, 0.25) is 0 Å². The average molecular weight is 296 g/mol. The quantitative estimate of drug-likeness (QED) is 0.557. The number of hydrogen-bond acceptors (Lipinski definition) is 4. The van der Waals surface area contributed by atoms with Gasteiger partial charge in [0.15, 0.2) is 0 Å². The van der Waals surface area contributed by atoms with E-state index in [2.05, 4.69) is 11.8 Å². The van der Waals surface area contributed by atoms with Crippen molar-refractivity contribution < 1.29 is 23.7 Å². The van der Waals surface area contributed by atoms with Crippen molar-refractivity contribution in [3.05, 3.63) is 35.1 Å². The summed E-state index contributed by atoms with van der Waals surface area (Å²) in [5, 5.41) is 8.62. The molecular weight excluding hydrogens is 275 g/mol. The molecule has 0 spiro atoms. The van der Waals surface area contributed by atoms with Crippen molar-refractivity contribution >= 4 is 0 Å². The van der Waals surface area contributed by atoms with Gasteiger partial charge >= 0.3 is 0 Å². The van der Waals surface area contributed by atoms with E-state index >= 15 is 0 Å². The molecule has 0 saturated heterocycles. The van der Waals surface area contributed by atoms with Crippen LogP contribution in [0.3, 0.4) is 0 Å². The smallest absolute Gasteiger partial charge is 0.138 e. The maximum absolute atomic E-state index is 13.4. The molecule has 0 bridgehead atoms. The van der Waals surface area contributed by atoms with Crippen LogP contribution in [0.5, 0.6) is 0 Å². The first-order valence-electron chi connectivity index (χ1n) is 6.80. The molecule has 21 heavy (non-hydrogen) atoms. The fraction of sp³-hybridized carbons (Fsp3) is 0.500. The number of rotatable bonds is 9. The molecule has 0 aliphatic carbocycles. The normalized spacial score (nSPS) is 10.2. The predicted octanol–water partition coefficient (Wildman–Crippen LogP) is 1.74. The number of methoxy groups -OCH3 is 1. The molecule has 0 aromatic heterocycles. The summed E-state index contributed by atoms with van der Waals surface area (Å²) in [5.74, 6) is 4.59. The minimum Gasteiger partial charge on any atom is -0.385 e. The Labute approximate surface area is 124 Å². The topological polar surface area (TPSA) is 47.9 Å². The molecule has 0 saturated carbocycles. The number of halogens is 1. The summed E-state index contributed by atoms with van der Waals surface area (Å²) in [6.07, 6.45) is 0.862. The van der Waals surface area contributed by atoms with E-state index in [1.807, 2.05) is 0 Å². The number of benzene rings is 1. The Morgan fingerprint density at radius 3 is 2.71 bits per heavy atom. The number of hydrogen-bond donors (Lipinski definition) is 1. The van der Waals surface area contributed by atoms with Gasteiger partial charge in [-0.1, -0.05) is 17.9 Å². The first kappa shape index (κ1) is 17.6.